The van der Waals surface area contributed by atoms with Gasteiger partial charge < -0.3 is 18.4 Å². The molecule has 0 aliphatic heterocycles. The number of nitrogens with zero attached hydrogens (tertiary/aromatic N) is 2. The van der Waals surface area contributed by atoms with E-state index >= 15 is 0 Å². The van der Waals surface area contributed by atoms with Gasteiger partial charge >= 0.3 is 11.6 Å². The molecule has 3 heterocycles. The van der Waals surface area contributed by atoms with Crippen LogP contribution in [0.15, 0.2) is 49.4 Å². The van der Waals surface area contributed by atoms with Gasteiger partial charge in [0.25, 0.3) is 5.89 Å². The molecule has 4 rings (SSSR count). The van der Waals surface area contributed by atoms with E-state index in [9.17, 15) is 9.59 Å². The van der Waals surface area contributed by atoms with Gasteiger partial charge in [0.05, 0.1) is 12.0 Å². The predicted molar refractivity (Wildman–Crippen MR) is 110 cm³/mol. The molecule has 3 aromatic heterocycles. The Labute approximate surface area is 175 Å². The highest BCUT2D eigenvalue weighted by Gasteiger charge is 2.16. The molecule has 0 radical (unpaired) electrons. The van der Waals surface area contributed by atoms with Gasteiger partial charge in [0.15, 0.2) is 6.61 Å². The van der Waals surface area contributed by atoms with E-state index in [0.29, 0.717) is 22.7 Å². The zero-order chi connectivity index (χ0) is 21.1. The van der Waals surface area contributed by atoms with Crippen LogP contribution in [0.4, 0.5) is 0 Å². The van der Waals surface area contributed by atoms with E-state index in [1.54, 1.807) is 19.2 Å². The van der Waals surface area contributed by atoms with Crippen LogP contribution in [0.5, 0.6) is 5.75 Å². The van der Waals surface area contributed by atoms with Crippen LogP contribution >= 0.6 is 11.3 Å². The van der Waals surface area contributed by atoms with E-state index in [1.165, 1.54) is 11.3 Å². The first kappa shape index (κ1) is 19.8. The van der Waals surface area contributed by atoms with E-state index in [0.717, 1.165) is 15.8 Å². The quantitative estimate of drug-likeness (QED) is 0.324. The van der Waals surface area contributed by atoms with Gasteiger partial charge in [-0.05, 0) is 42.5 Å². The minimum absolute atomic E-state index is 0.0270. The van der Waals surface area contributed by atoms with Crippen molar-refractivity contribution in [2.45, 2.75) is 26.4 Å². The standard InChI is InChI=1S/C21H18N2O6S/c1-12-14-6-5-13(26-2)10-16(14)28-21(25)15(12)7-8-19(24)27-11-18-22-20(23-29-18)17-4-3-9-30-17/h3-6,9-10H,7-8,11H2,1-2H3. The number of hydrogen-bond acceptors (Lipinski definition) is 9. The first-order valence-electron chi connectivity index (χ1n) is 9.17. The molecule has 0 aliphatic rings. The number of carbonyl (C=O) groups is 1. The van der Waals surface area contributed by atoms with Gasteiger partial charge in [-0.1, -0.05) is 11.2 Å². The molecule has 8 nitrogen and oxygen atoms in total. The van der Waals surface area contributed by atoms with Crippen LogP contribution in [-0.4, -0.2) is 23.2 Å². The number of hydrogen-bond donors (Lipinski definition) is 0. The summed E-state index contributed by atoms with van der Waals surface area (Å²) in [5.41, 5.74) is 1.19. The van der Waals surface area contributed by atoms with Gasteiger partial charge in [-0.2, -0.15) is 4.98 Å². The fraction of sp³-hybridized carbons (Fsp3) is 0.238. The van der Waals surface area contributed by atoms with Gasteiger partial charge in [0, 0.05) is 23.4 Å². The van der Waals surface area contributed by atoms with Crippen molar-refractivity contribution in [2.75, 3.05) is 7.11 Å². The molecule has 1 aromatic carbocycles. The Balaban J connectivity index is 1.39. The maximum absolute atomic E-state index is 12.4. The van der Waals surface area contributed by atoms with E-state index < -0.39 is 11.6 Å². The maximum atomic E-state index is 12.4. The lowest BCUT2D eigenvalue weighted by molar-refractivity contribution is -0.145. The van der Waals surface area contributed by atoms with Crippen LogP contribution in [0.25, 0.3) is 21.7 Å². The predicted octanol–water partition coefficient (Wildman–Crippen LogP) is 3.90. The SMILES string of the molecule is COc1ccc2c(C)c(CCC(=O)OCc3nc(-c4cccs4)no3)c(=O)oc2c1. The number of aromatic nitrogens is 2. The molecular formula is C21H18N2O6S. The summed E-state index contributed by atoms with van der Waals surface area (Å²) in [6.45, 7) is 1.71. The summed E-state index contributed by atoms with van der Waals surface area (Å²) >= 11 is 1.49. The molecule has 0 N–H and O–H groups in total. The van der Waals surface area contributed by atoms with Crippen molar-refractivity contribution in [1.29, 1.82) is 0 Å². The molecule has 4 aromatic rings. The number of ether oxygens (including phenoxy) is 2. The molecule has 0 amide bonds. The summed E-state index contributed by atoms with van der Waals surface area (Å²) in [5.74, 6) is 0.795. The van der Waals surface area contributed by atoms with Crippen LogP contribution in [0.2, 0.25) is 0 Å². The van der Waals surface area contributed by atoms with Crippen LogP contribution in [0, 0.1) is 6.92 Å². The Bertz CT molecular complexity index is 1240. The summed E-state index contributed by atoms with van der Waals surface area (Å²) in [6.07, 6.45) is 0.235. The zero-order valence-corrected chi connectivity index (χ0v) is 17.2. The topological polar surface area (TPSA) is 105 Å². The average Bonchev–Trinajstić information content (AvgIpc) is 3.43. The van der Waals surface area contributed by atoms with Crippen molar-refractivity contribution in [2.24, 2.45) is 0 Å². The lowest BCUT2D eigenvalue weighted by Gasteiger charge is -2.08. The fourth-order valence-electron chi connectivity index (χ4n) is 3.05. The second-order valence-electron chi connectivity index (χ2n) is 6.50. The van der Waals surface area contributed by atoms with Crippen molar-refractivity contribution < 1.29 is 23.2 Å². The summed E-state index contributed by atoms with van der Waals surface area (Å²) in [5, 5.41) is 6.57. The Morgan fingerprint density at radius 2 is 2.13 bits per heavy atom. The number of aryl methyl sites for hydroxylation is 1. The monoisotopic (exact) mass is 426 g/mol. The summed E-state index contributed by atoms with van der Waals surface area (Å²) < 4.78 is 20.9. The number of rotatable bonds is 7. The number of methoxy groups -OCH3 is 1. The molecule has 0 unspecified atom stereocenters. The van der Waals surface area contributed by atoms with Crippen LogP contribution in [0.3, 0.4) is 0 Å². The number of thiophene rings is 1. The summed E-state index contributed by atoms with van der Waals surface area (Å²) in [6, 6.07) is 9.05. The van der Waals surface area contributed by atoms with Crippen molar-refractivity contribution in [3.05, 3.63) is 63.1 Å². The molecule has 0 bridgehead atoms. The van der Waals surface area contributed by atoms with Crippen molar-refractivity contribution >= 4 is 28.3 Å². The Hall–Kier alpha value is -3.46. The highest BCUT2D eigenvalue weighted by atomic mass is 32.1. The first-order valence-corrected chi connectivity index (χ1v) is 10.1. The van der Waals surface area contributed by atoms with Gasteiger partial charge in [-0.25, -0.2) is 4.79 Å². The van der Waals surface area contributed by atoms with Crippen LogP contribution < -0.4 is 10.4 Å². The second-order valence-corrected chi connectivity index (χ2v) is 7.45. The minimum atomic E-state index is -0.474. The Morgan fingerprint density at radius 1 is 1.27 bits per heavy atom. The molecule has 154 valence electrons. The smallest absolute Gasteiger partial charge is 0.339 e. The van der Waals surface area contributed by atoms with E-state index in [-0.39, 0.29) is 25.3 Å². The molecule has 0 spiro atoms. The van der Waals surface area contributed by atoms with Crippen molar-refractivity contribution in [3.8, 4) is 16.5 Å². The van der Waals surface area contributed by atoms with Crippen LogP contribution in [0.1, 0.15) is 23.4 Å². The van der Waals surface area contributed by atoms with Crippen LogP contribution in [-0.2, 0) is 22.6 Å². The molecular weight excluding hydrogens is 408 g/mol. The van der Waals surface area contributed by atoms with Crippen molar-refractivity contribution in [3.63, 3.8) is 0 Å². The first-order chi connectivity index (χ1) is 14.5. The van der Waals surface area contributed by atoms with Crippen molar-refractivity contribution in [1.82, 2.24) is 10.1 Å². The normalized spacial score (nSPS) is 11.0. The minimum Gasteiger partial charge on any atom is -0.497 e. The lowest BCUT2D eigenvalue weighted by Crippen LogP contribution is -2.14. The summed E-state index contributed by atoms with van der Waals surface area (Å²) in [4.78, 5) is 29.6. The molecule has 30 heavy (non-hydrogen) atoms. The maximum Gasteiger partial charge on any atom is 0.339 e. The van der Waals surface area contributed by atoms with E-state index in [2.05, 4.69) is 10.1 Å². The number of esters is 1. The Kier molecular flexibility index (Phi) is 5.62. The molecule has 0 aliphatic carbocycles. The largest absolute Gasteiger partial charge is 0.497 e. The third-order valence-corrected chi connectivity index (χ3v) is 5.51. The fourth-order valence-corrected chi connectivity index (χ4v) is 3.70. The summed E-state index contributed by atoms with van der Waals surface area (Å²) in [7, 11) is 1.55. The number of benzene rings is 1. The van der Waals surface area contributed by atoms with Gasteiger partial charge in [0.2, 0.25) is 5.82 Å². The van der Waals surface area contributed by atoms with Gasteiger partial charge in [-0.15, -0.1) is 11.3 Å². The molecule has 9 heteroatoms. The molecule has 0 fully saturated rings. The highest BCUT2D eigenvalue weighted by molar-refractivity contribution is 7.13. The second kappa shape index (κ2) is 8.50. The van der Waals surface area contributed by atoms with Gasteiger partial charge in [-0.3, -0.25) is 4.79 Å². The lowest BCUT2D eigenvalue weighted by atomic mass is 10.0. The average molecular weight is 426 g/mol. The third-order valence-electron chi connectivity index (χ3n) is 4.64. The number of fused-ring (bicyclic) bond motifs is 1. The Morgan fingerprint density at radius 3 is 2.90 bits per heavy atom. The van der Waals surface area contributed by atoms with E-state index in [1.807, 2.05) is 30.5 Å². The highest BCUT2D eigenvalue weighted by Crippen LogP contribution is 2.25. The van der Waals surface area contributed by atoms with Gasteiger partial charge in [0.1, 0.15) is 11.3 Å². The molecule has 0 saturated carbocycles. The third kappa shape index (κ3) is 4.11. The molecule has 0 atom stereocenters. The zero-order valence-electron chi connectivity index (χ0n) is 16.3. The molecule has 0 saturated heterocycles. The van der Waals surface area contributed by atoms with E-state index in [4.69, 9.17) is 18.4 Å². The number of carbonyl (C=O) groups excluding carboxylic acids is 1.